The predicted molar refractivity (Wildman–Crippen MR) is 410 cm³/mol. The summed E-state index contributed by atoms with van der Waals surface area (Å²) >= 11 is 0. The minimum atomic E-state index is -3.79. The second kappa shape index (κ2) is 20.3. The van der Waals surface area contributed by atoms with E-state index in [2.05, 4.69) is 108 Å². The highest BCUT2D eigenvalue weighted by molar-refractivity contribution is 7.00. The van der Waals surface area contributed by atoms with Crippen molar-refractivity contribution in [1.29, 1.82) is 0 Å². The number of fused-ring (bicyclic) bond motifs is 16. The molecule has 0 amide bonds. The Kier molecular flexibility index (Phi) is 8.59. The third-order valence-electron chi connectivity index (χ3n) is 20.1. The minimum absolute atomic E-state index is 0.0414. The Labute approximate surface area is 590 Å². The van der Waals surface area contributed by atoms with E-state index >= 15 is 0 Å². The summed E-state index contributed by atoms with van der Waals surface area (Å²) in [7, 11) is 0. The summed E-state index contributed by atoms with van der Waals surface area (Å²) in [6.07, 6.45) is 0. The molecule has 0 fully saturated rings. The Morgan fingerprint density at radius 1 is 0.333 bits per heavy atom. The van der Waals surface area contributed by atoms with Crippen molar-refractivity contribution < 1.29 is 31.8 Å². The monoisotopic (exact) mass is 1260 g/mol. The second-order valence-electron chi connectivity index (χ2n) is 29.1. The van der Waals surface area contributed by atoms with Crippen LogP contribution >= 0.6 is 0 Å². The molecule has 0 spiro atoms. The van der Waals surface area contributed by atoms with Gasteiger partial charge in [0.15, 0.2) is 11.2 Å². The van der Waals surface area contributed by atoms with E-state index in [0.717, 1.165) is 60.3 Å². The van der Waals surface area contributed by atoms with Gasteiger partial charge >= 0.3 is 0 Å². The number of para-hydroxylation sites is 5. The third kappa shape index (κ3) is 8.57. The number of anilines is 6. The van der Waals surface area contributed by atoms with Gasteiger partial charge in [-0.1, -0.05) is 204 Å². The SMILES string of the molecule is [2H]c1c([2H])c([2H])c2c(c1[2H])c1c([2H])c([2H])c([2H])c([2H])c1n2-c1ccc2c(c1)N(c1ccc(C(C)(C)C)cc1)c1cc(C([2H])([2H])[2H])cc3c1B2c1ccc(-n2c4ccc(C(C)(C)C)cc4c4cc(C(C)(C)C)ccc42)cc1N3c1cc(C(C([2H])([2H])[2H])(C([2H])([2H])[2H])C([2H])([2H])[2H])cc2c1oc1c(-n3c4ccccc4c4ccccc43)cccc12. The van der Waals surface area contributed by atoms with Crippen molar-refractivity contribution in [2.45, 2.75) is 111 Å². The number of benzene rings is 12. The molecule has 0 atom stereocenters. The van der Waals surface area contributed by atoms with Gasteiger partial charge in [0.1, 0.15) is 0 Å². The van der Waals surface area contributed by atoms with Crippen molar-refractivity contribution in [2.24, 2.45) is 0 Å². The molecular weight excluding hydrogens is 1170 g/mol. The number of rotatable bonds is 5. The topological polar surface area (TPSA) is 34.4 Å². The van der Waals surface area contributed by atoms with Crippen LogP contribution in [0.15, 0.2) is 241 Å². The maximum absolute atomic E-state index is 9.66. The first-order valence-corrected chi connectivity index (χ1v) is 32.6. The van der Waals surface area contributed by atoms with Crippen molar-refractivity contribution in [3.8, 4) is 17.1 Å². The highest BCUT2D eigenvalue weighted by Gasteiger charge is 2.45. The van der Waals surface area contributed by atoms with Gasteiger partial charge in [-0.15, -0.1) is 0 Å². The van der Waals surface area contributed by atoms with Crippen LogP contribution in [-0.4, -0.2) is 20.4 Å². The molecule has 0 N–H and O–H groups in total. The zero-order valence-electron chi connectivity index (χ0n) is 74.6. The number of nitrogens with zero attached hydrogens (tertiary/aromatic N) is 5. The Balaban J connectivity index is 1.03. The van der Waals surface area contributed by atoms with Crippen LogP contribution in [0.2, 0.25) is 0 Å². The van der Waals surface area contributed by atoms with E-state index in [-0.39, 0.29) is 77.2 Å². The highest BCUT2D eigenvalue weighted by atomic mass is 16.3. The fourth-order valence-corrected chi connectivity index (χ4v) is 15.4. The molecule has 0 radical (unpaired) electrons. The normalized spacial score (nSPS) is 17.2. The molecule has 96 heavy (non-hydrogen) atoms. The summed E-state index contributed by atoms with van der Waals surface area (Å²) in [5, 5.41) is 4.00. The number of aryl methyl sites for hydroxylation is 1. The fraction of sp³-hybridized carbons (Fsp3) is 0.191. The van der Waals surface area contributed by atoms with E-state index in [4.69, 9.17) is 9.90 Å². The van der Waals surface area contributed by atoms with Crippen LogP contribution < -0.4 is 26.2 Å². The Hall–Kier alpha value is -10.5. The lowest BCUT2D eigenvalue weighted by Crippen LogP contribution is -2.61. The Morgan fingerprint density at radius 3 is 1.38 bits per heavy atom. The van der Waals surface area contributed by atoms with Gasteiger partial charge in [-0.05, 0) is 188 Å². The standard InChI is InChI=1S/C89H78BN5O/c1-53-45-80-83-81(46-53)95(82-50-57(89(11,12)13)49-68-65-27-22-32-77(84(65)96-85(68)82)94-73-30-20-16-25-63(73)64-26-17-21-31-74(64)94)79-52-60(93-75-43-35-55(87(5,6)7)47-66(75)67-48-56(88(8,9)10)36-44-76(67)93)40-42-70(79)90(83)69-41-39-59(51-78(69)91(80)58-37-33-54(34-38-58)86(2,3)4)92-71-28-18-14-23-61(71)62-24-15-19-29-72(62)92/h14-52H,1-13H3/i1D3,11D3,12D3,13D3,14D,15D,18D,19D,23D,24D,28D,29D. The van der Waals surface area contributed by atoms with Gasteiger partial charge in [0.05, 0.1) is 55.4 Å². The molecule has 0 saturated heterocycles. The van der Waals surface area contributed by atoms with Crippen LogP contribution in [0.25, 0.3) is 104 Å². The van der Waals surface area contributed by atoms with Gasteiger partial charge in [0, 0.05) is 99.4 Å². The van der Waals surface area contributed by atoms with E-state index < -0.39 is 93.4 Å². The van der Waals surface area contributed by atoms with Gasteiger partial charge < -0.3 is 27.9 Å². The van der Waals surface area contributed by atoms with Crippen LogP contribution in [0.3, 0.4) is 0 Å². The van der Waals surface area contributed by atoms with E-state index in [1.165, 1.54) is 16.7 Å². The number of furan rings is 1. The van der Waals surface area contributed by atoms with Gasteiger partial charge in [0.25, 0.3) is 6.71 Å². The Bertz CT molecular complexity index is 6740. The lowest BCUT2D eigenvalue weighted by Gasteiger charge is -2.44. The van der Waals surface area contributed by atoms with Crippen LogP contribution in [0.4, 0.5) is 34.1 Å². The number of aromatic nitrogens is 3. The van der Waals surface area contributed by atoms with Crippen LogP contribution in [0.5, 0.6) is 0 Å². The summed E-state index contributed by atoms with van der Waals surface area (Å²) in [5.74, 6) is 0. The van der Waals surface area contributed by atoms with Crippen molar-refractivity contribution >= 4 is 145 Å². The summed E-state index contributed by atoms with van der Waals surface area (Å²) in [4.78, 5) is 3.68. The molecule has 2 aliphatic rings. The van der Waals surface area contributed by atoms with E-state index in [9.17, 15) is 21.9 Å². The summed E-state index contributed by atoms with van der Waals surface area (Å²) < 4.78 is 201. The molecule has 0 saturated carbocycles. The largest absolute Gasteiger partial charge is 0.452 e. The zero-order valence-corrected chi connectivity index (χ0v) is 54.6. The van der Waals surface area contributed by atoms with Gasteiger partial charge in [0.2, 0.25) is 0 Å². The third-order valence-corrected chi connectivity index (χ3v) is 20.1. The highest BCUT2D eigenvalue weighted by Crippen LogP contribution is 2.51. The lowest BCUT2D eigenvalue weighted by atomic mass is 9.33. The first-order chi connectivity index (χ1) is 54.3. The molecule has 0 aliphatic carbocycles. The zero-order chi connectivity index (χ0) is 82.8. The van der Waals surface area contributed by atoms with Gasteiger partial charge in [-0.25, -0.2) is 0 Å². The van der Waals surface area contributed by atoms with E-state index in [0.29, 0.717) is 55.9 Å². The maximum Gasteiger partial charge on any atom is 0.252 e. The molecule has 2 aliphatic heterocycles. The molecule has 18 rings (SSSR count). The molecule has 7 heteroatoms. The first kappa shape index (κ1) is 40.7. The molecule has 0 bridgehead atoms. The molecule has 6 nitrogen and oxygen atoms in total. The van der Waals surface area contributed by atoms with Crippen LogP contribution in [0.1, 0.15) is 138 Å². The van der Waals surface area contributed by atoms with Crippen LogP contribution in [-0.2, 0) is 21.7 Å². The molecule has 12 aromatic carbocycles. The smallest absolute Gasteiger partial charge is 0.252 e. The van der Waals surface area contributed by atoms with Crippen molar-refractivity contribution in [1.82, 2.24) is 13.7 Å². The first-order valence-electron chi connectivity index (χ1n) is 42.6. The molecule has 16 aromatic rings. The number of hydrogen-bond donors (Lipinski definition) is 0. The Morgan fingerprint density at radius 2 is 0.812 bits per heavy atom. The summed E-state index contributed by atoms with van der Waals surface area (Å²) in [6.45, 7) is 3.94. The average molecular weight is 1260 g/mol. The molecular formula is C89H78BN5O. The van der Waals surface area contributed by atoms with Gasteiger partial charge in [-0.3, -0.25) is 0 Å². The lowest BCUT2D eigenvalue weighted by molar-refractivity contribution is 0.590. The van der Waals surface area contributed by atoms with Crippen molar-refractivity contribution in [3.63, 3.8) is 0 Å². The maximum atomic E-state index is 9.66. The van der Waals surface area contributed by atoms with E-state index in [1.807, 2.05) is 108 Å². The van der Waals surface area contributed by atoms with Crippen molar-refractivity contribution in [3.05, 3.63) is 264 Å². The fourth-order valence-electron chi connectivity index (χ4n) is 15.4. The van der Waals surface area contributed by atoms with E-state index in [1.54, 1.807) is 41.3 Å². The molecule has 0 unspecified atom stereocenters. The summed E-state index contributed by atoms with van der Waals surface area (Å²) in [5.41, 5.74) is 5.78. The van der Waals surface area contributed by atoms with Gasteiger partial charge in [-0.2, -0.15) is 0 Å². The predicted octanol–water partition coefficient (Wildman–Crippen LogP) is 22.5. The number of hydrogen-bond acceptors (Lipinski definition) is 3. The van der Waals surface area contributed by atoms with Crippen molar-refractivity contribution in [2.75, 3.05) is 9.80 Å². The minimum Gasteiger partial charge on any atom is -0.452 e. The average Bonchev–Trinajstić information content (AvgIpc) is 1.11. The molecule has 6 heterocycles. The quantitative estimate of drug-likeness (QED) is 0.161. The van der Waals surface area contributed by atoms with Crippen LogP contribution in [0, 0.1) is 6.85 Å². The molecule has 4 aromatic heterocycles. The summed E-state index contributed by atoms with van der Waals surface area (Å²) in [6, 6.07) is 54.5. The molecule has 468 valence electrons. The second-order valence-corrected chi connectivity index (χ2v) is 29.1.